The Balaban J connectivity index is 2.55. The smallest absolute Gasteiger partial charge is 0.306 e. The van der Waals surface area contributed by atoms with Gasteiger partial charge in [0.15, 0.2) is 0 Å². The van der Waals surface area contributed by atoms with Crippen molar-refractivity contribution in [1.82, 2.24) is 0 Å². The molecule has 12 heteroatoms. The Morgan fingerprint density at radius 2 is 1.33 bits per heavy atom. The van der Waals surface area contributed by atoms with Crippen molar-refractivity contribution < 1.29 is 9.05 Å². The molecule has 0 aromatic carbocycles. The van der Waals surface area contributed by atoms with Gasteiger partial charge in [0.05, 0.1) is 13.2 Å². The molecule has 0 aliphatic carbocycles. The molecule has 1 spiro atoms. The monoisotopic (exact) mass is 349 g/mol. The van der Waals surface area contributed by atoms with Crippen LogP contribution in [0.5, 0.6) is 0 Å². The SMILES string of the molecule is ClP1(Cl)=NP(Cl)(Cl)=NP2(=N1)OCCCO2. The highest BCUT2D eigenvalue weighted by Gasteiger charge is 2.37. The van der Waals surface area contributed by atoms with Crippen molar-refractivity contribution in [3.05, 3.63) is 0 Å². The maximum Gasteiger partial charge on any atom is 0.345 e. The maximum atomic E-state index is 5.89. The number of hydrogen-bond acceptors (Lipinski definition) is 5. The van der Waals surface area contributed by atoms with Gasteiger partial charge in [0.2, 0.25) is 0 Å². The van der Waals surface area contributed by atoms with E-state index in [0.717, 1.165) is 6.42 Å². The van der Waals surface area contributed by atoms with E-state index in [1.807, 2.05) is 0 Å². The van der Waals surface area contributed by atoms with Gasteiger partial charge in [-0.25, -0.2) is 0 Å². The minimum absolute atomic E-state index is 0.488. The van der Waals surface area contributed by atoms with E-state index in [2.05, 4.69) is 13.5 Å². The van der Waals surface area contributed by atoms with Crippen molar-refractivity contribution in [1.29, 1.82) is 0 Å². The number of nitrogens with zero attached hydrogens (tertiary/aromatic N) is 3. The maximum absolute atomic E-state index is 5.89. The Kier molecular flexibility index (Phi) is 3.93. The van der Waals surface area contributed by atoms with Crippen LogP contribution in [0.3, 0.4) is 0 Å². The van der Waals surface area contributed by atoms with Crippen LogP contribution in [0.25, 0.3) is 0 Å². The minimum atomic E-state index is -2.91. The fourth-order valence-electron chi connectivity index (χ4n) is 1.02. The molecule has 0 amide bonds. The fraction of sp³-hybridized carbons (Fsp3) is 1.00. The third-order valence-electron chi connectivity index (χ3n) is 1.46. The van der Waals surface area contributed by atoms with Crippen molar-refractivity contribution in [3.8, 4) is 0 Å². The van der Waals surface area contributed by atoms with E-state index in [-0.39, 0.29) is 0 Å². The summed E-state index contributed by atoms with van der Waals surface area (Å²) in [4.78, 5) is 0. The van der Waals surface area contributed by atoms with Crippen LogP contribution in [0.2, 0.25) is 0 Å². The molecular formula is C3H6Cl4N3O2P3. The van der Waals surface area contributed by atoms with Crippen LogP contribution in [0.4, 0.5) is 0 Å². The van der Waals surface area contributed by atoms with Gasteiger partial charge >= 0.3 is 7.66 Å². The first kappa shape index (κ1) is 13.2. The zero-order valence-electron chi connectivity index (χ0n) is 7.13. The Morgan fingerprint density at radius 3 is 1.87 bits per heavy atom. The number of hydrogen-bond donors (Lipinski definition) is 0. The number of halogens is 4. The van der Waals surface area contributed by atoms with Gasteiger partial charge in [-0.3, -0.25) is 0 Å². The summed E-state index contributed by atoms with van der Waals surface area (Å²) < 4.78 is 22.7. The van der Waals surface area contributed by atoms with Gasteiger partial charge in [-0.05, 0) is 51.4 Å². The summed E-state index contributed by atoms with van der Waals surface area (Å²) in [5, 5.41) is 0. The average Bonchev–Trinajstić information content (AvgIpc) is 1.97. The van der Waals surface area contributed by atoms with Gasteiger partial charge in [-0.1, -0.05) is 0 Å². The van der Waals surface area contributed by atoms with Crippen LogP contribution >= 0.6 is 64.4 Å². The molecule has 15 heavy (non-hydrogen) atoms. The molecule has 2 rings (SSSR count). The molecule has 0 N–H and O–H groups in total. The predicted octanol–water partition coefficient (Wildman–Crippen LogP) is 6.23. The lowest BCUT2D eigenvalue weighted by atomic mass is 10.5. The molecule has 0 saturated carbocycles. The van der Waals surface area contributed by atoms with Crippen molar-refractivity contribution in [2.75, 3.05) is 13.2 Å². The lowest BCUT2D eigenvalue weighted by Crippen LogP contribution is -2.06. The lowest BCUT2D eigenvalue weighted by molar-refractivity contribution is 0.174. The Labute approximate surface area is 106 Å². The highest BCUT2D eigenvalue weighted by atomic mass is 35.9. The van der Waals surface area contributed by atoms with Gasteiger partial charge < -0.3 is 9.05 Å². The van der Waals surface area contributed by atoms with Crippen LogP contribution in [-0.2, 0) is 9.05 Å². The van der Waals surface area contributed by atoms with Gasteiger partial charge in [-0.2, -0.15) is 13.5 Å². The fourth-order valence-corrected chi connectivity index (χ4v) is 15.1. The van der Waals surface area contributed by atoms with Crippen LogP contribution < -0.4 is 0 Å². The summed E-state index contributed by atoms with van der Waals surface area (Å²) in [5.41, 5.74) is 0. The largest absolute Gasteiger partial charge is 0.345 e. The van der Waals surface area contributed by atoms with Gasteiger partial charge in [0, 0.05) is 0 Å². The summed E-state index contributed by atoms with van der Waals surface area (Å²) >= 11 is 23.6. The summed E-state index contributed by atoms with van der Waals surface area (Å²) in [5.74, 6) is -5.81. The molecule has 0 atom stereocenters. The highest BCUT2D eigenvalue weighted by Crippen LogP contribution is 2.85. The molecule has 1 fully saturated rings. The number of rotatable bonds is 0. The van der Waals surface area contributed by atoms with Gasteiger partial charge in [0.1, 0.15) is 0 Å². The standard InChI is InChI=1S/C3H6Cl4N3O2P3/c4-13(5)8-14(6,7)10-15(9-13)11-2-1-3-12-15/h1-3H2. The van der Waals surface area contributed by atoms with E-state index in [1.54, 1.807) is 0 Å². The van der Waals surface area contributed by atoms with Crippen LogP contribution in [-0.4, -0.2) is 13.2 Å². The highest BCUT2D eigenvalue weighted by molar-refractivity contribution is 8.20. The molecule has 5 nitrogen and oxygen atoms in total. The molecule has 0 aromatic rings. The summed E-state index contributed by atoms with van der Waals surface area (Å²) in [6, 6.07) is 0. The first-order valence-corrected chi connectivity index (χ1v) is 12.4. The molecule has 2 heterocycles. The van der Waals surface area contributed by atoms with E-state index < -0.39 is 19.5 Å². The second-order valence-electron chi connectivity index (χ2n) is 2.69. The zero-order valence-corrected chi connectivity index (χ0v) is 12.8. The Bertz CT molecular complexity index is 420. The van der Waals surface area contributed by atoms with Gasteiger partial charge in [-0.15, -0.1) is 0 Å². The summed E-state index contributed by atoms with van der Waals surface area (Å²) in [7, 11) is -2.80. The normalized spacial score (nSPS) is 31.2. The molecule has 0 unspecified atom stereocenters. The van der Waals surface area contributed by atoms with E-state index in [0.29, 0.717) is 13.2 Å². The van der Waals surface area contributed by atoms with E-state index in [1.165, 1.54) is 0 Å². The van der Waals surface area contributed by atoms with Crippen LogP contribution in [0, 0.1) is 0 Å². The van der Waals surface area contributed by atoms with Gasteiger partial charge in [0.25, 0.3) is 11.8 Å². The molecular weight excluding hydrogens is 345 g/mol. The van der Waals surface area contributed by atoms with Crippen molar-refractivity contribution in [3.63, 3.8) is 0 Å². The summed E-state index contributed by atoms with van der Waals surface area (Å²) in [6.45, 7) is 0.977. The lowest BCUT2D eigenvalue weighted by Gasteiger charge is -2.28. The molecule has 0 bridgehead atoms. The second-order valence-corrected chi connectivity index (χ2v) is 14.9. The van der Waals surface area contributed by atoms with E-state index >= 15 is 0 Å². The van der Waals surface area contributed by atoms with Crippen molar-refractivity contribution >= 4 is 64.4 Å². The topological polar surface area (TPSA) is 55.5 Å². The predicted molar refractivity (Wildman–Crippen MR) is 68.0 cm³/mol. The molecule has 0 aromatic heterocycles. The average molecular weight is 351 g/mol. The second kappa shape index (κ2) is 4.46. The molecule has 0 radical (unpaired) electrons. The third kappa shape index (κ3) is 3.37. The van der Waals surface area contributed by atoms with E-state index in [9.17, 15) is 0 Å². The molecule has 88 valence electrons. The zero-order chi connectivity index (χ0) is 11.2. The molecule has 2 aliphatic heterocycles. The first-order chi connectivity index (χ1) is 6.83. The van der Waals surface area contributed by atoms with Crippen molar-refractivity contribution in [2.24, 2.45) is 13.5 Å². The van der Waals surface area contributed by atoms with E-state index in [4.69, 9.17) is 54.0 Å². The minimum Gasteiger partial charge on any atom is -0.306 e. The molecule has 2 aliphatic rings. The summed E-state index contributed by atoms with van der Waals surface area (Å²) in [6.07, 6.45) is 0.774. The molecule has 1 saturated heterocycles. The van der Waals surface area contributed by atoms with Crippen LogP contribution in [0.15, 0.2) is 13.5 Å². The van der Waals surface area contributed by atoms with Crippen molar-refractivity contribution in [2.45, 2.75) is 6.42 Å². The quantitative estimate of drug-likeness (QED) is 0.486. The Morgan fingerprint density at radius 1 is 0.800 bits per heavy atom. The Hall–Kier alpha value is 1.77. The van der Waals surface area contributed by atoms with Crippen LogP contribution in [0.1, 0.15) is 6.42 Å². The first-order valence-electron chi connectivity index (χ1n) is 3.82. The third-order valence-corrected chi connectivity index (χ3v) is 12.6.